The summed E-state index contributed by atoms with van der Waals surface area (Å²) in [4.78, 5) is 4.15. The summed E-state index contributed by atoms with van der Waals surface area (Å²) < 4.78 is 27.6. The average molecular weight is 291 g/mol. The third-order valence-electron chi connectivity index (χ3n) is 3.01. The molecule has 0 aliphatic heterocycles. The average Bonchev–Trinajstić information content (AvgIpc) is 2.43. The van der Waals surface area contributed by atoms with Crippen LogP contribution in [0.2, 0.25) is 0 Å². The Balaban J connectivity index is 2.47. The van der Waals surface area contributed by atoms with Gasteiger partial charge in [0.05, 0.1) is 5.69 Å². The lowest BCUT2D eigenvalue weighted by atomic mass is 10.1. The van der Waals surface area contributed by atoms with E-state index in [9.17, 15) is 8.42 Å². The van der Waals surface area contributed by atoms with E-state index in [2.05, 4.69) is 15.0 Å². The van der Waals surface area contributed by atoms with E-state index in [1.54, 1.807) is 19.3 Å². The standard InChI is InChI=1S/C14H17N3O2S/c1-10-6-4-7-11(2)13(10)17-20(18,19)12-8-5-9-16-14(12)15-3/h4-9,17H,1-3H3,(H,15,16). The number of rotatable bonds is 4. The molecule has 0 amide bonds. The quantitative estimate of drug-likeness (QED) is 0.908. The molecule has 0 saturated carbocycles. The van der Waals surface area contributed by atoms with Crippen molar-refractivity contribution in [1.29, 1.82) is 0 Å². The lowest BCUT2D eigenvalue weighted by Crippen LogP contribution is -2.16. The first-order valence-electron chi connectivity index (χ1n) is 6.17. The Morgan fingerprint density at radius 2 is 1.70 bits per heavy atom. The van der Waals surface area contributed by atoms with Gasteiger partial charge in [0.25, 0.3) is 10.0 Å². The number of hydrogen-bond donors (Lipinski definition) is 2. The Labute approximate surface area is 119 Å². The molecule has 0 radical (unpaired) electrons. The van der Waals surface area contributed by atoms with Crippen molar-refractivity contribution in [3.63, 3.8) is 0 Å². The monoisotopic (exact) mass is 291 g/mol. The van der Waals surface area contributed by atoms with E-state index in [1.165, 1.54) is 6.07 Å². The smallest absolute Gasteiger partial charge is 0.265 e. The molecule has 20 heavy (non-hydrogen) atoms. The molecule has 0 aliphatic carbocycles. The van der Waals surface area contributed by atoms with Crippen LogP contribution in [0.1, 0.15) is 11.1 Å². The normalized spacial score (nSPS) is 11.2. The fraction of sp³-hybridized carbons (Fsp3) is 0.214. The first-order chi connectivity index (χ1) is 9.45. The van der Waals surface area contributed by atoms with Gasteiger partial charge in [0.2, 0.25) is 0 Å². The van der Waals surface area contributed by atoms with Crippen LogP contribution in [-0.4, -0.2) is 20.4 Å². The maximum Gasteiger partial charge on any atom is 0.265 e. The zero-order chi connectivity index (χ0) is 14.8. The second kappa shape index (κ2) is 5.50. The molecule has 0 saturated heterocycles. The van der Waals surface area contributed by atoms with Gasteiger partial charge in [-0.1, -0.05) is 18.2 Å². The summed E-state index contributed by atoms with van der Waals surface area (Å²) in [5.74, 6) is 0.325. The minimum atomic E-state index is -3.68. The molecule has 2 rings (SSSR count). The first kappa shape index (κ1) is 14.3. The van der Waals surface area contributed by atoms with Gasteiger partial charge >= 0.3 is 0 Å². The van der Waals surface area contributed by atoms with Crippen molar-refractivity contribution < 1.29 is 8.42 Å². The number of hydrogen-bond acceptors (Lipinski definition) is 4. The summed E-state index contributed by atoms with van der Waals surface area (Å²) in [6.45, 7) is 3.74. The van der Waals surface area contributed by atoms with E-state index in [-0.39, 0.29) is 4.90 Å². The number of para-hydroxylation sites is 1. The van der Waals surface area contributed by atoms with Crippen LogP contribution in [0, 0.1) is 13.8 Å². The SMILES string of the molecule is CNc1ncccc1S(=O)(=O)Nc1c(C)cccc1C. The van der Waals surface area contributed by atoms with Crippen molar-refractivity contribution in [2.24, 2.45) is 0 Å². The Bertz CT molecular complexity index is 707. The third-order valence-corrected chi connectivity index (χ3v) is 4.40. The number of nitrogens with one attached hydrogen (secondary N) is 2. The minimum Gasteiger partial charge on any atom is -0.372 e. The largest absolute Gasteiger partial charge is 0.372 e. The van der Waals surface area contributed by atoms with Crippen LogP contribution in [-0.2, 0) is 10.0 Å². The van der Waals surface area contributed by atoms with Crippen molar-refractivity contribution in [3.05, 3.63) is 47.7 Å². The van der Waals surface area contributed by atoms with E-state index in [0.717, 1.165) is 11.1 Å². The summed E-state index contributed by atoms with van der Waals surface area (Å²) >= 11 is 0. The summed E-state index contributed by atoms with van der Waals surface area (Å²) in [6, 6.07) is 8.75. The number of pyridine rings is 1. The van der Waals surface area contributed by atoms with E-state index in [4.69, 9.17) is 0 Å². The van der Waals surface area contributed by atoms with Gasteiger partial charge in [-0.25, -0.2) is 13.4 Å². The summed E-state index contributed by atoms with van der Waals surface area (Å²) in [7, 11) is -2.04. The molecule has 106 valence electrons. The highest BCUT2D eigenvalue weighted by molar-refractivity contribution is 7.92. The highest BCUT2D eigenvalue weighted by atomic mass is 32.2. The van der Waals surface area contributed by atoms with E-state index < -0.39 is 10.0 Å². The Morgan fingerprint density at radius 1 is 1.05 bits per heavy atom. The Morgan fingerprint density at radius 3 is 2.30 bits per heavy atom. The molecule has 1 heterocycles. The second-order valence-electron chi connectivity index (χ2n) is 4.47. The fourth-order valence-corrected chi connectivity index (χ4v) is 3.33. The number of nitrogens with zero attached hydrogens (tertiary/aromatic N) is 1. The van der Waals surface area contributed by atoms with Gasteiger partial charge in [-0.2, -0.15) is 0 Å². The van der Waals surface area contributed by atoms with Crippen molar-refractivity contribution >= 4 is 21.5 Å². The van der Waals surface area contributed by atoms with Gasteiger partial charge < -0.3 is 5.32 Å². The van der Waals surface area contributed by atoms with Gasteiger partial charge in [0.1, 0.15) is 10.7 Å². The molecular formula is C14H17N3O2S. The lowest BCUT2D eigenvalue weighted by Gasteiger charge is -2.14. The number of sulfonamides is 1. The molecular weight excluding hydrogens is 274 g/mol. The van der Waals surface area contributed by atoms with Gasteiger partial charge in [0, 0.05) is 13.2 Å². The molecule has 0 fully saturated rings. The van der Waals surface area contributed by atoms with Gasteiger partial charge in [-0.3, -0.25) is 4.72 Å². The molecule has 0 atom stereocenters. The van der Waals surface area contributed by atoms with E-state index in [1.807, 2.05) is 32.0 Å². The van der Waals surface area contributed by atoms with Crippen LogP contribution in [0.25, 0.3) is 0 Å². The number of aryl methyl sites for hydroxylation is 2. The fourth-order valence-electron chi connectivity index (χ4n) is 1.96. The highest BCUT2D eigenvalue weighted by Crippen LogP contribution is 2.25. The maximum absolute atomic E-state index is 12.5. The van der Waals surface area contributed by atoms with Crippen molar-refractivity contribution in [2.45, 2.75) is 18.7 Å². The van der Waals surface area contributed by atoms with Crippen LogP contribution < -0.4 is 10.0 Å². The van der Waals surface area contributed by atoms with Crippen LogP contribution in [0.15, 0.2) is 41.4 Å². The van der Waals surface area contributed by atoms with Crippen LogP contribution in [0.5, 0.6) is 0 Å². The van der Waals surface area contributed by atoms with Crippen molar-refractivity contribution in [3.8, 4) is 0 Å². The lowest BCUT2D eigenvalue weighted by molar-refractivity contribution is 0.601. The molecule has 0 spiro atoms. The molecule has 2 aromatic rings. The van der Waals surface area contributed by atoms with E-state index in [0.29, 0.717) is 11.5 Å². The molecule has 0 unspecified atom stereocenters. The molecule has 1 aromatic carbocycles. The van der Waals surface area contributed by atoms with Crippen molar-refractivity contribution in [1.82, 2.24) is 4.98 Å². The predicted octanol–water partition coefficient (Wildman–Crippen LogP) is 2.54. The highest BCUT2D eigenvalue weighted by Gasteiger charge is 2.20. The van der Waals surface area contributed by atoms with Crippen molar-refractivity contribution in [2.75, 3.05) is 17.1 Å². The molecule has 6 heteroatoms. The summed E-state index contributed by atoms with van der Waals surface area (Å²) in [5.41, 5.74) is 2.37. The Kier molecular flexibility index (Phi) is 3.94. The number of anilines is 2. The number of benzene rings is 1. The van der Waals surface area contributed by atoms with Gasteiger partial charge in [0.15, 0.2) is 0 Å². The van der Waals surface area contributed by atoms with Gasteiger partial charge in [-0.05, 0) is 37.1 Å². The molecule has 0 aliphatic rings. The molecule has 0 bridgehead atoms. The summed E-state index contributed by atoms with van der Waals surface area (Å²) in [6.07, 6.45) is 1.55. The Hall–Kier alpha value is -2.08. The predicted molar refractivity (Wildman–Crippen MR) is 80.5 cm³/mol. The second-order valence-corrected chi connectivity index (χ2v) is 6.12. The molecule has 1 aromatic heterocycles. The number of aromatic nitrogens is 1. The van der Waals surface area contributed by atoms with Crippen LogP contribution in [0.4, 0.5) is 11.5 Å². The first-order valence-corrected chi connectivity index (χ1v) is 7.66. The third kappa shape index (κ3) is 2.75. The zero-order valence-electron chi connectivity index (χ0n) is 11.6. The molecule has 5 nitrogen and oxygen atoms in total. The minimum absolute atomic E-state index is 0.130. The van der Waals surface area contributed by atoms with E-state index >= 15 is 0 Å². The topological polar surface area (TPSA) is 71.1 Å². The zero-order valence-corrected chi connectivity index (χ0v) is 12.5. The maximum atomic E-state index is 12.5. The van der Waals surface area contributed by atoms with Crippen LogP contribution in [0.3, 0.4) is 0 Å². The van der Waals surface area contributed by atoms with Crippen LogP contribution >= 0.6 is 0 Å². The molecule has 2 N–H and O–H groups in total. The van der Waals surface area contributed by atoms with Gasteiger partial charge in [-0.15, -0.1) is 0 Å². The summed E-state index contributed by atoms with van der Waals surface area (Å²) in [5, 5.41) is 2.79.